The first-order chi connectivity index (χ1) is 11.8. The second kappa shape index (κ2) is 7.79. The number of methoxy groups -OCH3 is 1. The quantitative estimate of drug-likeness (QED) is 0.504. The SMILES string of the molecule is CCSc1nnc(-c2ccc(OC)cc2)n1N=Cc1ccccc1. The van der Waals surface area contributed by atoms with E-state index in [2.05, 4.69) is 22.2 Å². The predicted octanol–water partition coefficient (Wildman–Crippen LogP) is 3.95. The molecule has 0 aliphatic heterocycles. The van der Waals surface area contributed by atoms with Crippen LogP contribution in [0.25, 0.3) is 11.4 Å². The standard InChI is InChI=1S/C18H18N4OS/c1-3-24-18-21-20-17(15-9-11-16(23-2)12-10-15)22(18)19-13-14-7-5-4-6-8-14/h4-13H,3H2,1-2H3. The summed E-state index contributed by atoms with van der Waals surface area (Å²) in [7, 11) is 1.65. The Morgan fingerprint density at radius 1 is 1.08 bits per heavy atom. The zero-order valence-electron chi connectivity index (χ0n) is 13.6. The number of ether oxygens (including phenoxy) is 1. The van der Waals surface area contributed by atoms with Crippen molar-refractivity contribution in [2.45, 2.75) is 12.1 Å². The number of thioether (sulfide) groups is 1. The lowest BCUT2D eigenvalue weighted by Crippen LogP contribution is -1.97. The summed E-state index contributed by atoms with van der Waals surface area (Å²) in [5.74, 6) is 2.42. The van der Waals surface area contributed by atoms with E-state index in [1.54, 1.807) is 23.5 Å². The maximum atomic E-state index is 5.21. The maximum Gasteiger partial charge on any atom is 0.212 e. The molecule has 0 N–H and O–H groups in total. The fourth-order valence-electron chi connectivity index (χ4n) is 2.17. The fraction of sp³-hybridized carbons (Fsp3) is 0.167. The Labute approximate surface area is 145 Å². The molecule has 1 heterocycles. The number of nitrogens with zero attached hydrogens (tertiary/aromatic N) is 4. The molecule has 6 heteroatoms. The molecule has 0 fully saturated rings. The molecule has 0 saturated heterocycles. The Kier molecular flexibility index (Phi) is 5.28. The third-order valence-electron chi connectivity index (χ3n) is 3.36. The van der Waals surface area contributed by atoms with Crippen molar-refractivity contribution in [1.29, 1.82) is 0 Å². The highest BCUT2D eigenvalue weighted by Crippen LogP contribution is 2.25. The van der Waals surface area contributed by atoms with E-state index in [0.29, 0.717) is 5.82 Å². The second-order valence-electron chi connectivity index (χ2n) is 4.93. The van der Waals surface area contributed by atoms with Gasteiger partial charge in [-0.3, -0.25) is 0 Å². The van der Waals surface area contributed by atoms with Crippen LogP contribution in [0.4, 0.5) is 0 Å². The molecule has 0 bridgehead atoms. The second-order valence-corrected chi connectivity index (χ2v) is 6.17. The van der Waals surface area contributed by atoms with Crippen LogP contribution in [0.2, 0.25) is 0 Å². The molecule has 0 amide bonds. The van der Waals surface area contributed by atoms with Crippen LogP contribution in [0.5, 0.6) is 5.75 Å². The van der Waals surface area contributed by atoms with Gasteiger partial charge in [-0.25, -0.2) is 0 Å². The molecule has 0 saturated carbocycles. The molecule has 0 atom stereocenters. The lowest BCUT2D eigenvalue weighted by molar-refractivity contribution is 0.415. The first-order valence-corrected chi connectivity index (χ1v) is 8.62. The normalized spacial score (nSPS) is 11.1. The Hall–Kier alpha value is -2.60. The van der Waals surface area contributed by atoms with Crippen LogP contribution < -0.4 is 4.74 Å². The van der Waals surface area contributed by atoms with Crippen LogP contribution >= 0.6 is 11.8 Å². The van der Waals surface area contributed by atoms with Crippen LogP contribution in [0.1, 0.15) is 12.5 Å². The van der Waals surface area contributed by atoms with E-state index in [9.17, 15) is 0 Å². The molecule has 0 unspecified atom stereocenters. The lowest BCUT2D eigenvalue weighted by atomic mass is 10.2. The minimum absolute atomic E-state index is 0.709. The van der Waals surface area contributed by atoms with E-state index in [-0.39, 0.29) is 0 Å². The molecule has 1 aromatic heterocycles. The number of hydrogen-bond acceptors (Lipinski definition) is 5. The molecule has 2 aromatic carbocycles. The van der Waals surface area contributed by atoms with Crippen molar-refractivity contribution in [3.05, 3.63) is 60.2 Å². The van der Waals surface area contributed by atoms with Crippen LogP contribution in [0, 0.1) is 0 Å². The van der Waals surface area contributed by atoms with Gasteiger partial charge in [0.25, 0.3) is 0 Å². The molecule has 5 nitrogen and oxygen atoms in total. The lowest BCUT2D eigenvalue weighted by Gasteiger charge is -2.05. The maximum absolute atomic E-state index is 5.21. The minimum atomic E-state index is 0.709. The van der Waals surface area contributed by atoms with Gasteiger partial charge in [0, 0.05) is 5.56 Å². The molecule has 122 valence electrons. The zero-order chi connectivity index (χ0) is 16.8. The summed E-state index contributed by atoms with van der Waals surface area (Å²) in [6, 6.07) is 17.7. The van der Waals surface area contributed by atoms with Gasteiger partial charge >= 0.3 is 0 Å². The molecule has 0 radical (unpaired) electrons. The van der Waals surface area contributed by atoms with E-state index in [4.69, 9.17) is 4.74 Å². The highest BCUT2D eigenvalue weighted by Gasteiger charge is 2.13. The summed E-state index contributed by atoms with van der Waals surface area (Å²) >= 11 is 1.61. The van der Waals surface area contributed by atoms with E-state index in [0.717, 1.165) is 27.8 Å². The van der Waals surface area contributed by atoms with Crippen LogP contribution in [0.3, 0.4) is 0 Å². The summed E-state index contributed by atoms with van der Waals surface area (Å²) < 4.78 is 6.99. The van der Waals surface area contributed by atoms with Crippen molar-refractivity contribution in [1.82, 2.24) is 14.9 Å². The number of rotatable bonds is 6. The summed E-state index contributed by atoms with van der Waals surface area (Å²) in [6.45, 7) is 2.08. The highest BCUT2D eigenvalue weighted by atomic mass is 32.2. The van der Waals surface area contributed by atoms with Crippen molar-refractivity contribution in [2.24, 2.45) is 5.10 Å². The Morgan fingerprint density at radius 2 is 1.83 bits per heavy atom. The molecule has 0 aliphatic rings. The van der Waals surface area contributed by atoms with Gasteiger partial charge in [-0.1, -0.05) is 49.0 Å². The van der Waals surface area contributed by atoms with Crippen molar-refractivity contribution in [2.75, 3.05) is 12.9 Å². The van der Waals surface area contributed by atoms with Crippen molar-refractivity contribution >= 4 is 18.0 Å². The molecular formula is C18H18N4OS. The summed E-state index contributed by atoms with van der Waals surface area (Å²) in [6.07, 6.45) is 1.82. The smallest absolute Gasteiger partial charge is 0.212 e. The van der Waals surface area contributed by atoms with Gasteiger partial charge in [0.1, 0.15) is 5.75 Å². The first-order valence-electron chi connectivity index (χ1n) is 7.64. The molecule has 0 spiro atoms. The largest absolute Gasteiger partial charge is 0.497 e. The molecular weight excluding hydrogens is 320 g/mol. The Morgan fingerprint density at radius 3 is 2.50 bits per heavy atom. The van der Waals surface area contributed by atoms with Gasteiger partial charge < -0.3 is 4.74 Å². The van der Waals surface area contributed by atoms with Crippen LogP contribution in [-0.2, 0) is 0 Å². The van der Waals surface area contributed by atoms with E-state index < -0.39 is 0 Å². The Bertz CT molecular complexity index is 813. The fourth-order valence-corrected chi connectivity index (χ4v) is 2.78. The number of benzene rings is 2. The number of hydrogen-bond donors (Lipinski definition) is 0. The van der Waals surface area contributed by atoms with Crippen molar-refractivity contribution in [3.8, 4) is 17.1 Å². The summed E-state index contributed by atoms with van der Waals surface area (Å²) in [4.78, 5) is 0. The molecule has 0 aliphatic carbocycles. The highest BCUT2D eigenvalue weighted by molar-refractivity contribution is 7.99. The average Bonchev–Trinajstić information content (AvgIpc) is 3.04. The van der Waals surface area contributed by atoms with Crippen molar-refractivity contribution in [3.63, 3.8) is 0 Å². The van der Waals surface area contributed by atoms with E-state index >= 15 is 0 Å². The summed E-state index contributed by atoms with van der Waals surface area (Å²) in [5, 5.41) is 13.9. The molecule has 24 heavy (non-hydrogen) atoms. The first kappa shape index (κ1) is 16.3. The monoisotopic (exact) mass is 338 g/mol. The van der Waals surface area contributed by atoms with Gasteiger partial charge in [-0.2, -0.15) is 9.78 Å². The minimum Gasteiger partial charge on any atom is -0.497 e. The molecule has 3 rings (SSSR count). The summed E-state index contributed by atoms with van der Waals surface area (Å²) in [5.41, 5.74) is 1.97. The Balaban J connectivity index is 1.98. The number of aromatic nitrogens is 3. The third kappa shape index (κ3) is 3.65. The van der Waals surface area contributed by atoms with E-state index in [1.807, 2.05) is 60.8 Å². The van der Waals surface area contributed by atoms with Crippen LogP contribution in [0.15, 0.2) is 64.9 Å². The average molecular weight is 338 g/mol. The van der Waals surface area contributed by atoms with Gasteiger partial charge in [-0.15, -0.1) is 10.2 Å². The van der Waals surface area contributed by atoms with E-state index in [1.165, 1.54) is 0 Å². The van der Waals surface area contributed by atoms with Gasteiger partial charge in [0.05, 0.1) is 13.3 Å². The van der Waals surface area contributed by atoms with Gasteiger partial charge in [0.2, 0.25) is 5.16 Å². The van der Waals surface area contributed by atoms with Crippen LogP contribution in [-0.4, -0.2) is 34.0 Å². The van der Waals surface area contributed by atoms with Crippen molar-refractivity contribution < 1.29 is 4.74 Å². The topological polar surface area (TPSA) is 52.3 Å². The van der Waals surface area contributed by atoms with Gasteiger partial charge in [0.15, 0.2) is 5.82 Å². The zero-order valence-corrected chi connectivity index (χ0v) is 14.4. The van der Waals surface area contributed by atoms with Gasteiger partial charge in [-0.05, 0) is 35.6 Å². The predicted molar refractivity (Wildman–Crippen MR) is 97.8 cm³/mol. The third-order valence-corrected chi connectivity index (χ3v) is 4.16. The molecule has 3 aromatic rings.